The predicted molar refractivity (Wildman–Crippen MR) is 81.3 cm³/mol. The molecule has 4 nitrogen and oxygen atoms in total. The molecular weight excluding hydrogens is 428 g/mol. The Bertz CT molecular complexity index is 943. The SMILES string of the molecule is Cn1nc(-c2cc(OCC(F)(F)C(F)F)c(Cl)cc2F)c(=O)cc1C(F)(F)F. The third-order valence-corrected chi connectivity index (χ3v) is 3.70. The van der Waals surface area contributed by atoms with Crippen molar-refractivity contribution in [3.8, 4) is 17.0 Å². The Balaban J connectivity index is 2.50. The zero-order chi connectivity index (χ0) is 21.4. The van der Waals surface area contributed by atoms with E-state index >= 15 is 0 Å². The first-order valence-corrected chi connectivity index (χ1v) is 7.55. The number of nitrogens with zero attached hydrogens (tertiary/aromatic N) is 2. The topological polar surface area (TPSA) is 44.1 Å². The molecule has 1 heterocycles. The molecule has 0 aliphatic heterocycles. The number of hydrogen-bond acceptors (Lipinski definition) is 3. The van der Waals surface area contributed by atoms with E-state index in [1.54, 1.807) is 0 Å². The number of halogens is 9. The Hall–Kier alpha value is -2.37. The van der Waals surface area contributed by atoms with Crippen LogP contribution < -0.4 is 10.2 Å². The molecule has 1 aromatic heterocycles. The first kappa shape index (κ1) is 21.9. The van der Waals surface area contributed by atoms with Crippen LogP contribution in [0.25, 0.3) is 11.3 Å². The zero-order valence-corrected chi connectivity index (χ0v) is 14.4. The van der Waals surface area contributed by atoms with E-state index in [9.17, 15) is 39.9 Å². The van der Waals surface area contributed by atoms with E-state index in [1.165, 1.54) is 0 Å². The van der Waals surface area contributed by atoms with Gasteiger partial charge in [0.1, 0.15) is 23.0 Å². The summed E-state index contributed by atoms with van der Waals surface area (Å²) in [6, 6.07) is 1.30. The van der Waals surface area contributed by atoms with Gasteiger partial charge in [-0.2, -0.15) is 27.1 Å². The summed E-state index contributed by atoms with van der Waals surface area (Å²) < 4.78 is 108. The van der Waals surface area contributed by atoms with Crippen LogP contribution in [0.1, 0.15) is 5.69 Å². The van der Waals surface area contributed by atoms with Crippen LogP contribution in [-0.2, 0) is 13.2 Å². The van der Waals surface area contributed by atoms with Crippen molar-refractivity contribution in [2.24, 2.45) is 7.05 Å². The number of aromatic nitrogens is 2. The van der Waals surface area contributed by atoms with Gasteiger partial charge in [-0.25, -0.2) is 13.2 Å². The molecule has 0 saturated carbocycles. The lowest BCUT2D eigenvalue weighted by Crippen LogP contribution is -2.33. The van der Waals surface area contributed by atoms with Crippen molar-refractivity contribution in [1.29, 1.82) is 0 Å². The fourth-order valence-corrected chi connectivity index (χ4v) is 2.25. The van der Waals surface area contributed by atoms with Gasteiger partial charge in [0.2, 0.25) is 5.43 Å². The van der Waals surface area contributed by atoms with Crippen molar-refractivity contribution in [2.45, 2.75) is 18.5 Å². The molecule has 0 bridgehead atoms. The third kappa shape index (κ3) is 4.54. The van der Waals surface area contributed by atoms with E-state index in [1.807, 2.05) is 0 Å². The normalized spacial score (nSPS) is 12.5. The Morgan fingerprint density at radius 3 is 2.32 bits per heavy atom. The summed E-state index contributed by atoms with van der Waals surface area (Å²) in [5.41, 5.74) is -4.25. The lowest BCUT2D eigenvalue weighted by Gasteiger charge is -2.17. The molecule has 154 valence electrons. The smallest absolute Gasteiger partial charge is 0.433 e. The van der Waals surface area contributed by atoms with Gasteiger partial charge in [0, 0.05) is 18.7 Å². The highest BCUT2D eigenvalue weighted by Crippen LogP contribution is 2.34. The summed E-state index contributed by atoms with van der Waals surface area (Å²) in [6.07, 6.45) is -8.96. The second kappa shape index (κ2) is 7.57. The van der Waals surface area contributed by atoms with Crippen LogP contribution >= 0.6 is 11.6 Å². The standard InChI is InChI=1S/C15H9ClF8N2O2/c1-26-11(15(22,23)24)4-9(27)12(25-26)6-2-10(7(16)3-8(6)17)28-5-14(20,21)13(18)19/h2-4,13H,5H2,1H3. The molecule has 0 saturated heterocycles. The summed E-state index contributed by atoms with van der Waals surface area (Å²) in [6.45, 7) is -1.81. The lowest BCUT2D eigenvalue weighted by molar-refractivity contribution is -0.148. The van der Waals surface area contributed by atoms with Gasteiger partial charge in [0.25, 0.3) is 0 Å². The van der Waals surface area contributed by atoms with Crippen LogP contribution in [0.3, 0.4) is 0 Å². The zero-order valence-electron chi connectivity index (χ0n) is 13.6. The molecule has 0 spiro atoms. The summed E-state index contributed by atoms with van der Waals surface area (Å²) in [5.74, 6) is -6.45. The first-order chi connectivity index (χ1) is 12.7. The van der Waals surface area contributed by atoms with Crippen molar-refractivity contribution in [1.82, 2.24) is 9.78 Å². The molecule has 0 amide bonds. The van der Waals surface area contributed by atoms with Crippen LogP contribution in [-0.4, -0.2) is 28.7 Å². The Kier molecular flexibility index (Phi) is 5.93. The van der Waals surface area contributed by atoms with Crippen LogP contribution in [0, 0.1) is 5.82 Å². The summed E-state index contributed by atoms with van der Waals surface area (Å²) >= 11 is 5.60. The van der Waals surface area contributed by atoms with Gasteiger partial charge in [-0.15, -0.1) is 0 Å². The van der Waals surface area contributed by atoms with E-state index in [0.717, 1.165) is 7.05 Å². The van der Waals surface area contributed by atoms with Crippen molar-refractivity contribution in [3.05, 3.63) is 45.0 Å². The van der Waals surface area contributed by atoms with E-state index in [2.05, 4.69) is 9.84 Å². The molecule has 1 aromatic carbocycles. The van der Waals surface area contributed by atoms with Crippen molar-refractivity contribution in [2.75, 3.05) is 6.61 Å². The minimum Gasteiger partial charge on any atom is -0.485 e. The van der Waals surface area contributed by atoms with E-state index < -0.39 is 64.1 Å². The number of aryl methyl sites for hydroxylation is 1. The molecule has 0 atom stereocenters. The molecule has 0 fully saturated rings. The van der Waals surface area contributed by atoms with Gasteiger partial charge >= 0.3 is 18.5 Å². The Labute approximate surface area is 156 Å². The predicted octanol–water partition coefficient (Wildman–Crippen LogP) is 4.54. The van der Waals surface area contributed by atoms with Gasteiger partial charge in [-0.05, 0) is 12.1 Å². The summed E-state index contributed by atoms with van der Waals surface area (Å²) in [7, 11) is 0.847. The van der Waals surface area contributed by atoms with Gasteiger partial charge in [-0.1, -0.05) is 11.6 Å². The average molecular weight is 437 g/mol. The first-order valence-electron chi connectivity index (χ1n) is 7.17. The molecule has 0 unspecified atom stereocenters. The second-order valence-electron chi connectivity index (χ2n) is 5.48. The quantitative estimate of drug-likeness (QED) is 0.647. The minimum absolute atomic E-state index is 0.169. The molecular formula is C15H9ClF8N2O2. The highest BCUT2D eigenvalue weighted by Gasteiger charge is 2.42. The Morgan fingerprint density at radius 2 is 1.79 bits per heavy atom. The highest BCUT2D eigenvalue weighted by molar-refractivity contribution is 6.32. The van der Waals surface area contributed by atoms with E-state index in [0.29, 0.717) is 12.1 Å². The van der Waals surface area contributed by atoms with E-state index in [-0.39, 0.29) is 10.7 Å². The van der Waals surface area contributed by atoms with Gasteiger partial charge < -0.3 is 4.74 Å². The van der Waals surface area contributed by atoms with Crippen LogP contribution in [0.4, 0.5) is 35.1 Å². The fraction of sp³-hybridized carbons (Fsp3) is 0.333. The second-order valence-corrected chi connectivity index (χ2v) is 5.88. The van der Waals surface area contributed by atoms with Gasteiger partial charge in [-0.3, -0.25) is 9.48 Å². The van der Waals surface area contributed by atoms with Crippen molar-refractivity contribution in [3.63, 3.8) is 0 Å². The number of rotatable bonds is 5. The number of ether oxygens (including phenoxy) is 1. The largest absolute Gasteiger partial charge is 0.485 e. The molecule has 0 N–H and O–H groups in total. The fourth-order valence-electron chi connectivity index (χ4n) is 2.05. The molecule has 28 heavy (non-hydrogen) atoms. The molecule has 0 aliphatic rings. The third-order valence-electron chi connectivity index (χ3n) is 3.41. The minimum atomic E-state index is -4.91. The summed E-state index contributed by atoms with van der Waals surface area (Å²) in [5, 5.41) is 2.77. The monoisotopic (exact) mass is 436 g/mol. The Morgan fingerprint density at radius 1 is 1.18 bits per heavy atom. The van der Waals surface area contributed by atoms with Gasteiger partial charge in [0.15, 0.2) is 6.61 Å². The molecule has 0 radical (unpaired) electrons. The van der Waals surface area contributed by atoms with Crippen LogP contribution in [0.5, 0.6) is 5.75 Å². The lowest BCUT2D eigenvalue weighted by atomic mass is 10.1. The highest BCUT2D eigenvalue weighted by atomic mass is 35.5. The number of benzene rings is 1. The van der Waals surface area contributed by atoms with Gasteiger partial charge in [0.05, 0.1) is 5.02 Å². The van der Waals surface area contributed by atoms with E-state index in [4.69, 9.17) is 11.6 Å². The van der Waals surface area contributed by atoms with Crippen molar-refractivity contribution >= 4 is 11.6 Å². The molecule has 2 aromatic rings. The molecule has 13 heteroatoms. The van der Waals surface area contributed by atoms with Crippen LogP contribution in [0.15, 0.2) is 23.0 Å². The number of hydrogen-bond donors (Lipinski definition) is 0. The average Bonchev–Trinajstić information content (AvgIpc) is 2.55. The maximum absolute atomic E-state index is 14.1. The van der Waals surface area contributed by atoms with Crippen molar-refractivity contribution < 1.29 is 39.9 Å². The molecule has 0 aliphatic carbocycles. The maximum atomic E-state index is 14.1. The summed E-state index contributed by atoms with van der Waals surface area (Å²) in [4.78, 5) is 12.0. The molecule has 2 rings (SSSR count). The maximum Gasteiger partial charge on any atom is 0.433 e. The number of alkyl halides is 7. The van der Waals surface area contributed by atoms with Crippen LogP contribution in [0.2, 0.25) is 5.02 Å².